The van der Waals surface area contributed by atoms with Crippen molar-refractivity contribution in [3.05, 3.63) is 76.9 Å². The number of carbonyl (C=O) groups is 1. The van der Waals surface area contributed by atoms with E-state index in [4.69, 9.17) is 0 Å². The first-order chi connectivity index (χ1) is 13.9. The van der Waals surface area contributed by atoms with Crippen molar-refractivity contribution in [3.8, 4) is 0 Å². The summed E-state index contributed by atoms with van der Waals surface area (Å²) in [6.45, 7) is 2.22. The van der Waals surface area contributed by atoms with Crippen LogP contribution in [0.3, 0.4) is 0 Å². The molecule has 0 radical (unpaired) electrons. The van der Waals surface area contributed by atoms with Crippen LogP contribution in [0.5, 0.6) is 0 Å². The van der Waals surface area contributed by atoms with Crippen molar-refractivity contribution < 1.29 is 18.0 Å². The molecule has 5 nitrogen and oxygen atoms in total. The van der Waals surface area contributed by atoms with Crippen molar-refractivity contribution in [3.63, 3.8) is 0 Å². The van der Waals surface area contributed by atoms with Crippen molar-refractivity contribution in [2.75, 3.05) is 16.8 Å². The second-order valence-electron chi connectivity index (χ2n) is 6.76. The Morgan fingerprint density at radius 3 is 2.69 bits per heavy atom. The predicted octanol–water partition coefficient (Wildman–Crippen LogP) is 4.54. The lowest BCUT2D eigenvalue weighted by molar-refractivity contribution is 0.0980. The molecule has 0 fully saturated rings. The van der Waals surface area contributed by atoms with Crippen molar-refractivity contribution in [2.24, 2.45) is 0 Å². The third-order valence-electron chi connectivity index (χ3n) is 4.71. The topological polar surface area (TPSA) is 58.1 Å². The van der Waals surface area contributed by atoms with E-state index in [9.17, 15) is 18.0 Å². The molecule has 0 spiro atoms. The molecule has 1 N–H and O–H groups in total. The minimum Gasteiger partial charge on any atom is -0.322 e. The molecule has 0 saturated carbocycles. The van der Waals surface area contributed by atoms with Gasteiger partial charge in [-0.15, -0.1) is 0 Å². The summed E-state index contributed by atoms with van der Waals surface area (Å²) in [5.74, 6) is -4.66. The zero-order valence-electron chi connectivity index (χ0n) is 15.5. The highest BCUT2D eigenvalue weighted by Crippen LogP contribution is 2.28. The first-order valence-electron chi connectivity index (χ1n) is 9.10. The van der Waals surface area contributed by atoms with E-state index in [2.05, 4.69) is 15.3 Å². The van der Waals surface area contributed by atoms with Gasteiger partial charge in [0, 0.05) is 17.9 Å². The summed E-state index contributed by atoms with van der Waals surface area (Å²) in [5.41, 5.74) is 2.19. The van der Waals surface area contributed by atoms with Gasteiger partial charge in [0.25, 0.3) is 5.91 Å². The van der Waals surface area contributed by atoms with Crippen LogP contribution in [0.25, 0.3) is 0 Å². The van der Waals surface area contributed by atoms with Gasteiger partial charge in [-0.25, -0.2) is 23.1 Å². The fraction of sp³-hybridized carbons (Fsp3) is 0.190. The van der Waals surface area contributed by atoms with E-state index in [-0.39, 0.29) is 23.2 Å². The lowest BCUT2D eigenvalue weighted by atomic mass is 10.0. The Labute approximate surface area is 165 Å². The number of nitrogens with one attached hydrogen (secondary N) is 1. The van der Waals surface area contributed by atoms with Crippen molar-refractivity contribution in [2.45, 2.75) is 19.8 Å². The van der Waals surface area contributed by atoms with Crippen LogP contribution in [-0.4, -0.2) is 22.4 Å². The molecule has 0 atom stereocenters. The minimum absolute atomic E-state index is 0.0800. The Balaban J connectivity index is 1.66. The van der Waals surface area contributed by atoms with Crippen LogP contribution < -0.4 is 10.2 Å². The smallest absolute Gasteiger partial charge is 0.277 e. The fourth-order valence-corrected chi connectivity index (χ4v) is 3.36. The van der Waals surface area contributed by atoms with E-state index in [0.717, 1.165) is 36.2 Å². The molecular weight excluding hydrogens is 381 g/mol. The Kier molecular flexibility index (Phi) is 4.92. The van der Waals surface area contributed by atoms with E-state index < -0.39 is 17.5 Å². The molecule has 0 bridgehead atoms. The first kappa shape index (κ1) is 18.9. The summed E-state index contributed by atoms with van der Waals surface area (Å²) >= 11 is 0. The van der Waals surface area contributed by atoms with Crippen LogP contribution in [-0.2, 0) is 6.42 Å². The molecule has 0 saturated heterocycles. The number of benzene rings is 2. The molecule has 1 aliphatic heterocycles. The van der Waals surface area contributed by atoms with Crippen LogP contribution in [0.1, 0.15) is 28.2 Å². The van der Waals surface area contributed by atoms with Gasteiger partial charge in [0.05, 0.1) is 5.69 Å². The summed E-state index contributed by atoms with van der Waals surface area (Å²) in [5, 5.41) is 2.52. The predicted molar refractivity (Wildman–Crippen MR) is 103 cm³/mol. The van der Waals surface area contributed by atoms with Crippen molar-refractivity contribution in [1.82, 2.24) is 9.97 Å². The quantitative estimate of drug-likeness (QED) is 0.658. The van der Waals surface area contributed by atoms with E-state index in [0.29, 0.717) is 12.2 Å². The second-order valence-corrected chi connectivity index (χ2v) is 6.76. The van der Waals surface area contributed by atoms with Crippen molar-refractivity contribution >= 4 is 23.2 Å². The van der Waals surface area contributed by atoms with Gasteiger partial charge >= 0.3 is 0 Å². The summed E-state index contributed by atoms with van der Waals surface area (Å²) in [6, 6.07) is 11.0. The number of hydrogen-bond acceptors (Lipinski definition) is 4. The van der Waals surface area contributed by atoms with E-state index in [1.807, 2.05) is 24.3 Å². The highest BCUT2D eigenvalue weighted by Gasteiger charge is 2.25. The average Bonchev–Trinajstić information content (AvgIpc) is 2.73. The normalized spacial score (nSPS) is 13.2. The fourth-order valence-electron chi connectivity index (χ4n) is 3.36. The molecule has 1 aromatic heterocycles. The number of hydrogen-bond donors (Lipinski definition) is 1. The number of aromatic nitrogens is 2. The molecule has 1 amide bonds. The number of aryl methyl sites for hydroxylation is 2. The molecule has 2 aromatic carbocycles. The number of rotatable bonds is 3. The highest BCUT2D eigenvalue weighted by atomic mass is 19.2. The van der Waals surface area contributed by atoms with Crippen LogP contribution in [0.15, 0.2) is 42.5 Å². The van der Waals surface area contributed by atoms with Crippen LogP contribution in [0.4, 0.5) is 30.5 Å². The molecule has 0 unspecified atom stereocenters. The van der Waals surface area contributed by atoms with Gasteiger partial charge in [-0.1, -0.05) is 18.2 Å². The standard InChI is InChI=1S/C21H17F3N4O/c1-12-11-16(20(29)28-10-4-6-13-5-2-3-7-17(13)28)27-21(25-12)26-15-9-8-14(22)18(23)19(15)24/h2-3,5,7-9,11H,4,6,10H2,1H3,(H,25,26,27). The molecule has 29 heavy (non-hydrogen) atoms. The van der Waals surface area contributed by atoms with Crippen LogP contribution in [0, 0.1) is 24.4 Å². The lowest BCUT2D eigenvalue weighted by Gasteiger charge is -2.29. The number of amides is 1. The molecule has 3 aromatic rings. The van der Waals surface area contributed by atoms with Gasteiger partial charge < -0.3 is 10.2 Å². The van der Waals surface area contributed by atoms with Gasteiger partial charge in [0.1, 0.15) is 5.69 Å². The summed E-state index contributed by atoms with van der Waals surface area (Å²) < 4.78 is 40.6. The first-order valence-corrected chi connectivity index (χ1v) is 9.10. The largest absolute Gasteiger partial charge is 0.322 e. The molecular formula is C21H17F3N4O. The Morgan fingerprint density at radius 2 is 1.86 bits per heavy atom. The lowest BCUT2D eigenvalue weighted by Crippen LogP contribution is -2.36. The zero-order chi connectivity index (χ0) is 20.5. The Bertz CT molecular complexity index is 1100. The average molecular weight is 398 g/mol. The van der Waals surface area contributed by atoms with E-state index in [1.165, 1.54) is 6.07 Å². The number of carbonyl (C=O) groups excluding carboxylic acids is 1. The summed E-state index contributed by atoms with van der Waals surface area (Å²) in [6.07, 6.45) is 1.73. The maximum atomic E-state index is 14.0. The van der Waals surface area contributed by atoms with Crippen molar-refractivity contribution in [1.29, 1.82) is 0 Å². The van der Waals surface area contributed by atoms with Gasteiger partial charge in [-0.3, -0.25) is 4.79 Å². The van der Waals surface area contributed by atoms with E-state index in [1.54, 1.807) is 11.8 Å². The van der Waals surface area contributed by atoms with Gasteiger partial charge in [-0.2, -0.15) is 0 Å². The monoisotopic (exact) mass is 398 g/mol. The SMILES string of the molecule is Cc1cc(C(=O)N2CCCc3ccccc32)nc(Nc2ccc(F)c(F)c2F)n1. The third kappa shape index (κ3) is 3.65. The van der Waals surface area contributed by atoms with E-state index >= 15 is 0 Å². The Hall–Kier alpha value is -3.42. The van der Waals surface area contributed by atoms with Gasteiger partial charge in [0.15, 0.2) is 17.5 Å². The summed E-state index contributed by atoms with van der Waals surface area (Å²) in [7, 11) is 0. The van der Waals surface area contributed by atoms with Gasteiger partial charge in [0.2, 0.25) is 5.95 Å². The molecule has 2 heterocycles. The molecule has 8 heteroatoms. The van der Waals surface area contributed by atoms with Gasteiger partial charge in [-0.05, 0) is 49.6 Å². The number of halogens is 3. The van der Waals surface area contributed by atoms with Crippen LogP contribution in [0.2, 0.25) is 0 Å². The Morgan fingerprint density at radius 1 is 1.07 bits per heavy atom. The van der Waals surface area contributed by atoms with Crippen LogP contribution >= 0.6 is 0 Å². The number of para-hydroxylation sites is 1. The molecule has 1 aliphatic rings. The molecule has 148 valence electrons. The minimum atomic E-state index is -1.59. The molecule has 0 aliphatic carbocycles. The number of anilines is 3. The maximum absolute atomic E-state index is 14.0. The second kappa shape index (κ2) is 7.54. The summed E-state index contributed by atoms with van der Waals surface area (Å²) in [4.78, 5) is 23.1. The number of fused-ring (bicyclic) bond motifs is 1. The zero-order valence-corrected chi connectivity index (χ0v) is 15.5. The number of nitrogens with zero attached hydrogens (tertiary/aromatic N) is 3. The molecule has 4 rings (SSSR count). The maximum Gasteiger partial charge on any atom is 0.277 e. The third-order valence-corrected chi connectivity index (χ3v) is 4.71. The highest BCUT2D eigenvalue weighted by molar-refractivity contribution is 6.05.